The van der Waals surface area contributed by atoms with Gasteiger partial charge in [0, 0.05) is 19.2 Å². The van der Waals surface area contributed by atoms with Crippen molar-refractivity contribution in [1.82, 2.24) is 4.90 Å². The fourth-order valence-corrected chi connectivity index (χ4v) is 2.22. The van der Waals surface area contributed by atoms with Crippen molar-refractivity contribution in [3.05, 3.63) is 11.6 Å². The molecule has 0 aromatic carbocycles. The van der Waals surface area contributed by atoms with Gasteiger partial charge in [0.25, 0.3) is 0 Å². The number of amides is 1. The number of thioether (sulfide) groups is 1. The summed E-state index contributed by atoms with van der Waals surface area (Å²) in [6.45, 7) is 0.949. The molecule has 1 unspecified atom stereocenters. The molecule has 0 radical (unpaired) electrons. The Hall–Kier alpha value is -0.290. The van der Waals surface area contributed by atoms with E-state index in [1.807, 2.05) is 11.6 Å². The number of carbonyl (C=O) groups is 1. The third-order valence-corrected chi connectivity index (χ3v) is 3.28. The first-order valence-corrected chi connectivity index (χ1v) is 5.70. The highest BCUT2D eigenvalue weighted by Crippen LogP contribution is 2.27. The standard InChI is InChI=1S/C8H14N2OS2/c9-7(11)3-1-2-4-10-5-6-13-8(10)12/h5-6,8,12H,1-4H2,(H2,9,11). The Labute approximate surface area is 88.1 Å². The average Bonchev–Trinajstić information content (AvgIpc) is 2.45. The molecule has 0 aromatic rings. The van der Waals surface area contributed by atoms with Crippen LogP contribution in [-0.2, 0) is 4.79 Å². The van der Waals surface area contributed by atoms with Gasteiger partial charge in [-0.1, -0.05) is 11.8 Å². The summed E-state index contributed by atoms with van der Waals surface area (Å²) in [5.41, 5.74) is 5.03. The second kappa shape index (κ2) is 5.44. The van der Waals surface area contributed by atoms with E-state index in [0.717, 1.165) is 19.4 Å². The predicted molar refractivity (Wildman–Crippen MR) is 59.3 cm³/mol. The zero-order chi connectivity index (χ0) is 9.68. The summed E-state index contributed by atoms with van der Waals surface area (Å²) in [5, 5.41) is 2.03. The lowest BCUT2D eigenvalue weighted by Crippen LogP contribution is -2.21. The van der Waals surface area contributed by atoms with E-state index < -0.39 is 0 Å². The Morgan fingerprint density at radius 3 is 2.92 bits per heavy atom. The van der Waals surface area contributed by atoms with Crippen molar-refractivity contribution in [1.29, 1.82) is 0 Å². The van der Waals surface area contributed by atoms with E-state index in [1.54, 1.807) is 11.8 Å². The summed E-state index contributed by atoms with van der Waals surface area (Å²) in [5.74, 6) is -0.214. The topological polar surface area (TPSA) is 46.3 Å². The second-order valence-corrected chi connectivity index (χ2v) is 4.74. The number of thiol groups is 1. The average molecular weight is 218 g/mol. The van der Waals surface area contributed by atoms with Gasteiger partial charge in [-0.15, -0.1) is 12.6 Å². The summed E-state index contributed by atoms with van der Waals surface area (Å²) in [4.78, 5) is 12.6. The van der Waals surface area contributed by atoms with Crippen LogP contribution in [0.3, 0.4) is 0 Å². The molecule has 0 spiro atoms. The van der Waals surface area contributed by atoms with Crippen molar-refractivity contribution >= 4 is 30.3 Å². The molecule has 5 heteroatoms. The van der Waals surface area contributed by atoms with Gasteiger partial charge in [0.15, 0.2) is 0 Å². The number of rotatable bonds is 5. The minimum absolute atomic E-state index is 0.214. The number of hydrogen-bond donors (Lipinski definition) is 2. The van der Waals surface area contributed by atoms with Crippen LogP contribution in [-0.4, -0.2) is 22.1 Å². The van der Waals surface area contributed by atoms with Crippen LogP contribution in [0.4, 0.5) is 0 Å². The smallest absolute Gasteiger partial charge is 0.217 e. The van der Waals surface area contributed by atoms with E-state index in [2.05, 4.69) is 17.5 Å². The molecule has 1 heterocycles. The largest absolute Gasteiger partial charge is 0.370 e. The van der Waals surface area contributed by atoms with Crippen LogP contribution in [0.15, 0.2) is 11.6 Å². The Kier molecular flexibility index (Phi) is 4.52. The molecule has 1 amide bonds. The van der Waals surface area contributed by atoms with Crippen LogP contribution in [0.1, 0.15) is 19.3 Å². The number of unbranched alkanes of at least 4 members (excludes halogenated alkanes) is 1. The van der Waals surface area contributed by atoms with Gasteiger partial charge in [-0.25, -0.2) is 0 Å². The monoisotopic (exact) mass is 218 g/mol. The van der Waals surface area contributed by atoms with Gasteiger partial charge in [0.2, 0.25) is 5.91 Å². The van der Waals surface area contributed by atoms with Crippen molar-refractivity contribution < 1.29 is 4.79 Å². The number of hydrogen-bond acceptors (Lipinski definition) is 4. The van der Waals surface area contributed by atoms with Crippen molar-refractivity contribution in [2.45, 2.75) is 24.0 Å². The number of primary amides is 1. The fraction of sp³-hybridized carbons (Fsp3) is 0.625. The van der Waals surface area contributed by atoms with Crippen LogP contribution in [0.25, 0.3) is 0 Å². The minimum atomic E-state index is -0.214. The molecule has 0 fully saturated rings. The molecule has 1 rings (SSSR count). The van der Waals surface area contributed by atoms with Crippen LogP contribution in [0.2, 0.25) is 0 Å². The molecule has 13 heavy (non-hydrogen) atoms. The zero-order valence-electron chi connectivity index (χ0n) is 7.35. The molecule has 1 atom stereocenters. The van der Waals surface area contributed by atoms with Crippen LogP contribution < -0.4 is 5.73 Å². The quantitative estimate of drug-likeness (QED) is 0.541. The van der Waals surface area contributed by atoms with Gasteiger partial charge in [-0.05, 0) is 18.2 Å². The normalized spacial score (nSPS) is 21.0. The summed E-state index contributed by atoms with van der Waals surface area (Å²) in [7, 11) is 0. The molecule has 0 aromatic heterocycles. The molecule has 0 bridgehead atoms. The SMILES string of the molecule is NC(=O)CCCCN1C=CSC1S. The molecule has 0 aliphatic carbocycles. The van der Waals surface area contributed by atoms with Crippen molar-refractivity contribution in [3.8, 4) is 0 Å². The third kappa shape index (κ3) is 3.95. The summed E-state index contributed by atoms with van der Waals surface area (Å²) in [6.07, 6.45) is 4.38. The van der Waals surface area contributed by atoms with Crippen LogP contribution in [0.5, 0.6) is 0 Å². The molecule has 74 valence electrons. The minimum Gasteiger partial charge on any atom is -0.370 e. The molecule has 2 N–H and O–H groups in total. The van der Waals surface area contributed by atoms with Crippen LogP contribution >= 0.6 is 24.4 Å². The Balaban J connectivity index is 2.05. The first-order valence-electron chi connectivity index (χ1n) is 4.24. The molecule has 1 aliphatic heterocycles. The van der Waals surface area contributed by atoms with Crippen LogP contribution in [0, 0.1) is 0 Å². The molecule has 3 nitrogen and oxygen atoms in total. The lowest BCUT2D eigenvalue weighted by atomic mass is 10.2. The van der Waals surface area contributed by atoms with E-state index >= 15 is 0 Å². The molecule has 1 aliphatic rings. The van der Waals surface area contributed by atoms with Gasteiger partial charge in [-0.3, -0.25) is 4.79 Å². The van der Waals surface area contributed by atoms with Gasteiger partial charge < -0.3 is 10.6 Å². The van der Waals surface area contributed by atoms with E-state index in [0.29, 0.717) is 6.42 Å². The van der Waals surface area contributed by atoms with Gasteiger partial charge in [0.05, 0.1) is 0 Å². The van der Waals surface area contributed by atoms with Gasteiger partial charge >= 0.3 is 0 Å². The van der Waals surface area contributed by atoms with Gasteiger partial charge in [-0.2, -0.15) is 0 Å². The zero-order valence-corrected chi connectivity index (χ0v) is 9.06. The summed E-state index contributed by atoms with van der Waals surface area (Å²) in [6, 6.07) is 0. The summed E-state index contributed by atoms with van der Waals surface area (Å²) < 4.78 is 0.244. The number of carbonyl (C=O) groups excluding carboxylic acids is 1. The number of nitrogens with two attached hydrogens (primary N) is 1. The maximum atomic E-state index is 10.4. The highest BCUT2D eigenvalue weighted by Gasteiger charge is 2.14. The first kappa shape index (κ1) is 10.8. The Morgan fingerprint density at radius 2 is 2.38 bits per heavy atom. The van der Waals surface area contributed by atoms with Crippen molar-refractivity contribution in [3.63, 3.8) is 0 Å². The molecular formula is C8H14N2OS2. The summed E-state index contributed by atoms with van der Waals surface area (Å²) >= 11 is 6.05. The fourth-order valence-electron chi connectivity index (χ4n) is 1.11. The van der Waals surface area contributed by atoms with Gasteiger partial charge in [0.1, 0.15) is 4.71 Å². The highest BCUT2D eigenvalue weighted by atomic mass is 32.2. The second-order valence-electron chi connectivity index (χ2n) is 2.91. The number of nitrogens with zero attached hydrogens (tertiary/aromatic N) is 1. The predicted octanol–water partition coefficient (Wildman–Crippen LogP) is 1.38. The van der Waals surface area contributed by atoms with Crippen molar-refractivity contribution in [2.24, 2.45) is 5.73 Å². The lowest BCUT2D eigenvalue weighted by molar-refractivity contribution is -0.118. The third-order valence-electron chi connectivity index (χ3n) is 1.83. The van der Waals surface area contributed by atoms with E-state index in [9.17, 15) is 4.79 Å². The highest BCUT2D eigenvalue weighted by molar-refractivity contribution is 8.12. The van der Waals surface area contributed by atoms with E-state index in [4.69, 9.17) is 5.73 Å². The maximum Gasteiger partial charge on any atom is 0.217 e. The van der Waals surface area contributed by atoms with E-state index in [-0.39, 0.29) is 10.6 Å². The Morgan fingerprint density at radius 1 is 1.62 bits per heavy atom. The van der Waals surface area contributed by atoms with Crippen molar-refractivity contribution in [2.75, 3.05) is 6.54 Å². The molecular weight excluding hydrogens is 204 g/mol. The maximum absolute atomic E-state index is 10.4. The first-order chi connectivity index (χ1) is 6.20. The Bertz CT molecular complexity index is 208. The molecule has 0 saturated carbocycles. The molecule has 0 saturated heterocycles. The van der Waals surface area contributed by atoms with E-state index in [1.165, 1.54) is 0 Å². The lowest BCUT2D eigenvalue weighted by Gasteiger charge is -2.19.